The molecule has 0 radical (unpaired) electrons. The number of anilines is 1. The summed E-state index contributed by atoms with van der Waals surface area (Å²) in [6.45, 7) is 1.93. The Balaban J connectivity index is 1.95. The predicted molar refractivity (Wildman–Crippen MR) is 77.8 cm³/mol. The van der Waals surface area contributed by atoms with Crippen molar-refractivity contribution in [2.45, 2.75) is 19.4 Å². The molecule has 0 saturated carbocycles. The Morgan fingerprint density at radius 3 is 2.32 bits per heavy atom. The average molecular weight is 254 g/mol. The maximum absolute atomic E-state index is 11.9. The third-order valence-electron chi connectivity index (χ3n) is 2.93. The summed E-state index contributed by atoms with van der Waals surface area (Å²) in [7, 11) is 0. The smallest absolute Gasteiger partial charge is 0.228 e. The molecule has 98 valence electrons. The number of hydrogen-bond donors (Lipinski definition) is 2. The van der Waals surface area contributed by atoms with Gasteiger partial charge in [0.25, 0.3) is 0 Å². The van der Waals surface area contributed by atoms with E-state index in [9.17, 15) is 4.79 Å². The van der Waals surface area contributed by atoms with E-state index in [4.69, 9.17) is 5.73 Å². The molecule has 2 aromatic carbocycles. The van der Waals surface area contributed by atoms with Crippen molar-refractivity contribution in [1.29, 1.82) is 0 Å². The van der Waals surface area contributed by atoms with Gasteiger partial charge >= 0.3 is 0 Å². The van der Waals surface area contributed by atoms with E-state index in [1.807, 2.05) is 61.5 Å². The number of nitrogens with one attached hydrogen (secondary N) is 1. The summed E-state index contributed by atoms with van der Waals surface area (Å²) in [5, 5.41) is 2.88. The van der Waals surface area contributed by atoms with Gasteiger partial charge < -0.3 is 11.1 Å². The molecule has 1 atom stereocenters. The Labute approximate surface area is 113 Å². The molecular weight excluding hydrogens is 236 g/mol. The maximum atomic E-state index is 11.9. The van der Waals surface area contributed by atoms with E-state index in [-0.39, 0.29) is 11.9 Å². The van der Waals surface area contributed by atoms with Crippen molar-refractivity contribution in [3.63, 3.8) is 0 Å². The molecule has 0 spiro atoms. The van der Waals surface area contributed by atoms with E-state index in [0.717, 1.165) is 16.8 Å². The number of carbonyl (C=O) groups is 1. The second kappa shape index (κ2) is 6.16. The SMILES string of the molecule is CC(N)c1ccc(NC(=O)Cc2ccccc2)cc1. The number of nitrogens with two attached hydrogens (primary N) is 1. The molecule has 0 aliphatic carbocycles. The minimum Gasteiger partial charge on any atom is -0.326 e. The molecule has 0 bridgehead atoms. The highest BCUT2D eigenvalue weighted by molar-refractivity contribution is 5.92. The summed E-state index contributed by atoms with van der Waals surface area (Å²) in [6, 6.07) is 17.3. The molecule has 0 aliphatic heterocycles. The Hall–Kier alpha value is -2.13. The van der Waals surface area contributed by atoms with Crippen LogP contribution < -0.4 is 11.1 Å². The number of hydrogen-bond acceptors (Lipinski definition) is 2. The van der Waals surface area contributed by atoms with Crippen LogP contribution in [0.25, 0.3) is 0 Å². The first-order chi connectivity index (χ1) is 9.15. The van der Waals surface area contributed by atoms with E-state index in [2.05, 4.69) is 5.32 Å². The van der Waals surface area contributed by atoms with Gasteiger partial charge in [0.15, 0.2) is 0 Å². The normalized spacial score (nSPS) is 11.9. The zero-order chi connectivity index (χ0) is 13.7. The fourth-order valence-electron chi connectivity index (χ4n) is 1.86. The molecular formula is C16H18N2O. The summed E-state index contributed by atoms with van der Waals surface area (Å²) in [4.78, 5) is 11.9. The Morgan fingerprint density at radius 1 is 1.11 bits per heavy atom. The molecule has 2 rings (SSSR count). The minimum atomic E-state index is -0.0141. The molecule has 19 heavy (non-hydrogen) atoms. The fourth-order valence-corrected chi connectivity index (χ4v) is 1.86. The van der Waals surface area contributed by atoms with E-state index in [0.29, 0.717) is 6.42 Å². The lowest BCUT2D eigenvalue weighted by Gasteiger charge is -2.08. The topological polar surface area (TPSA) is 55.1 Å². The molecule has 3 nitrogen and oxygen atoms in total. The standard InChI is InChI=1S/C16H18N2O/c1-12(17)14-7-9-15(10-8-14)18-16(19)11-13-5-3-2-4-6-13/h2-10,12H,11,17H2,1H3,(H,18,19). The highest BCUT2D eigenvalue weighted by Gasteiger charge is 2.04. The van der Waals surface area contributed by atoms with Crippen LogP contribution in [-0.2, 0) is 11.2 Å². The van der Waals surface area contributed by atoms with Crippen LogP contribution in [0.2, 0.25) is 0 Å². The van der Waals surface area contributed by atoms with Crippen molar-refractivity contribution in [2.75, 3.05) is 5.32 Å². The van der Waals surface area contributed by atoms with E-state index < -0.39 is 0 Å². The molecule has 0 aromatic heterocycles. The van der Waals surface area contributed by atoms with E-state index in [1.54, 1.807) is 0 Å². The highest BCUT2D eigenvalue weighted by Crippen LogP contribution is 2.14. The van der Waals surface area contributed by atoms with E-state index in [1.165, 1.54) is 0 Å². The van der Waals surface area contributed by atoms with Gasteiger partial charge in [0, 0.05) is 11.7 Å². The highest BCUT2D eigenvalue weighted by atomic mass is 16.1. The van der Waals surface area contributed by atoms with Gasteiger partial charge in [-0.15, -0.1) is 0 Å². The lowest BCUT2D eigenvalue weighted by atomic mass is 10.1. The molecule has 2 aromatic rings. The molecule has 0 saturated heterocycles. The first kappa shape index (κ1) is 13.3. The third-order valence-corrected chi connectivity index (χ3v) is 2.93. The first-order valence-corrected chi connectivity index (χ1v) is 6.34. The van der Waals surface area contributed by atoms with Gasteiger partial charge in [0.1, 0.15) is 0 Å². The molecule has 0 heterocycles. The Bertz CT molecular complexity index is 532. The van der Waals surface area contributed by atoms with Crippen molar-refractivity contribution in [2.24, 2.45) is 5.73 Å². The van der Waals surface area contributed by atoms with Crippen molar-refractivity contribution >= 4 is 11.6 Å². The Kier molecular flexibility index (Phi) is 4.31. The number of rotatable bonds is 4. The summed E-state index contributed by atoms with van der Waals surface area (Å²) in [5.41, 5.74) is 8.64. The average Bonchev–Trinajstić information content (AvgIpc) is 2.40. The van der Waals surface area contributed by atoms with Gasteiger partial charge in [0.05, 0.1) is 6.42 Å². The van der Waals surface area contributed by atoms with Crippen LogP contribution in [0.15, 0.2) is 54.6 Å². The van der Waals surface area contributed by atoms with Crippen molar-refractivity contribution in [3.05, 3.63) is 65.7 Å². The van der Waals surface area contributed by atoms with Crippen molar-refractivity contribution in [1.82, 2.24) is 0 Å². The quantitative estimate of drug-likeness (QED) is 0.881. The summed E-state index contributed by atoms with van der Waals surface area (Å²) in [5.74, 6) is -0.0141. The number of carbonyl (C=O) groups excluding carboxylic acids is 1. The summed E-state index contributed by atoms with van der Waals surface area (Å²) < 4.78 is 0. The van der Waals surface area contributed by atoms with Crippen LogP contribution in [0, 0.1) is 0 Å². The first-order valence-electron chi connectivity index (χ1n) is 6.34. The van der Waals surface area contributed by atoms with Crippen LogP contribution in [0.3, 0.4) is 0 Å². The van der Waals surface area contributed by atoms with Crippen molar-refractivity contribution < 1.29 is 4.79 Å². The molecule has 3 heteroatoms. The molecule has 1 amide bonds. The van der Waals surface area contributed by atoms with Crippen LogP contribution in [0.1, 0.15) is 24.1 Å². The lowest BCUT2D eigenvalue weighted by Crippen LogP contribution is -2.14. The molecule has 0 aliphatic rings. The zero-order valence-corrected chi connectivity index (χ0v) is 11.0. The number of benzene rings is 2. The van der Waals surface area contributed by atoms with Gasteiger partial charge in [-0.3, -0.25) is 4.79 Å². The lowest BCUT2D eigenvalue weighted by molar-refractivity contribution is -0.115. The Morgan fingerprint density at radius 2 is 1.74 bits per heavy atom. The summed E-state index contributed by atoms with van der Waals surface area (Å²) in [6.07, 6.45) is 0.385. The summed E-state index contributed by atoms with van der Waals surface area (Å²) >= 11 is 0. The van der Waals surface area contributed by atoms with Crippen LogP contribution in [0.4, 0.5) is 5.69 Å². The van der Waals surface area contributed by atoms with Gasteiger partial charge in [-0.2, -0.15) is 0 Å². The molecule has 3 N–H and O–H groups in total. The third kappa shape index (κ3) is 3.93. The zero-order valence-electron chi connectivity index (χ0n) is 11.0. The second-order valence-corrected chi connectivity index (χ2v) is 4.62. The second-order valence-electron chi connectivity index (χ2n) is 4.62. The van der Waals surface area contributed by atoms with Gasteiger partial charge in [0.2, 0.25) is 5.91 Å². The number of amides is 1. The fraction of sp³-hybridized carbons (Fsp3) is 0.188. The van der Waals surface area contributed by atoms with Crippen LogP contribution in [-0.4, -0.2) is 5.91 Å². The van der Waals surface area contributed by atoms with Crippen LogP contribution in [0.5, 0.6) is 0 Å². The van der Waals surface area contributed by atoms with E-state index >= 15 is 0 Å². The molecule has 0 fully saturated rings. The van der Waals surface area contributed by atoms with Gasteiger partial charge in [-0.25, -0.2) is 0 Å². The van der Waals surface area contributed by atoms with Crippen molar-refractivity contribution in [3.8, 4) is 0 Å². The maximum Gasteiger partial charge on any atom is 0.228 e. The van der Waals surface area contributed by atoms with Gasteiger partial charge in [-0.1, -0.05) is 42.5 Å². The monoisotopic (exact) mass is 254 g/mol. The van der Waals surface area contributed by atoms with Crippen LogP contribution >= 0.6 is 0 Å². The minimum absolute atomic E-state index is 0.00840. The largest absolute Gasteiger partial charge is 0.326 e. The van der Waals surface area contributed by atoms with Gasteiger partial charge in [-0.05, 0) is 30.2 Å². The predicted octanol–water partition coefficient (Wildman–Crippen LogP) is 2.89. The molecule has 1 unspecified atom stereocenters.